The first-order valence-corrected chi connectivity index (χ1v) is 8.51. The van der Waals surface area contributed by atoms with E-state index < -0.39 is 0 Å². The second kappa shape index (κ2) is 14.3. The van der Waals surface area contributed by atoms with Gasteiger partial charge in [0.15, 0.2) is 5.96 Å². The molecule has 0 heterocycles. The lowest BCUT2D eigenvalue weighted by molar-refractivity contribution is 0.108. The number of aliphatic imine (C=N–C) groups is 1. The summed E-state index contributed by atoms with van der Waals surface area (Å²) in [6.07, 6.45) is 0.998. The summed E-state index contributed by atoms with van der Waals surface area (Å²) in [5.74, 6) is 1.50. The minimum absolute atomic E-state index is 0. The number of rotatable bonds is 11. The van der Waals surface area contributed by atoms with Gasteiger partial charge in [-0.25, -0.2) is 0 Å². The zero-order valence-corrected chi connectivity index (χ0v) is 18.6. The Morgan fingerprint density at radius 2 is 1.87 bits per heavy atom. The van der Waals surface area contributed by atoms with Gasteiger partial charge in [0.1, 0.15) is 0 Å². The molecule has 0 amide bonds. The first-order chi connectivity index (χ1) is 10.3. The van der Waals surface area contributed by atoms with Crippen molar-refractivity contribution in [3.05, 3.63) is 0 Å². The molecule has 6 heteroatoms. The van der Waals surface area contributed by atoms with Gasteiger partial charge in [-0.3, -0.25) is 4.99 Å². The predicted molar refractivity (Wildman–Crippen MR) is 112 cm³/mol. The van der Waals surface area contributed by atoms with Gasteiger partial charge in [-0.2, -0.15) is 0 Å². The maximum absolute atomic E-state index is 5.59. The number of ether oxygens (including phenoxy) is 1. The monoisotopic (exact) mass is 442 g/mol. The van der Waals surface area contributed by atoms with Crippen molar-refractivity contribution in [2.24, 2.45) is 16.3 Å². The SMILES string of the molecule is CCNC(=NCC(C)(C)CN(C)C)NCCCOCC(C)C.I. The van der Waals surface area contributed by atoms with E-state index in [1.807, 2.05) is 0 Å². The standard InChI is InChI=1S/C17H38N4O.HI/c1-8-18-16(19-10-9-11-22-12-15(2)3)20-13-17(4,5)14-21(6)7;/h15H,8-14H2,1-7H3,(H2,18,19,20);1H. The summed E-state index contributed by atoms with van der Waals surface area (Å²) >= 11 is 0. The van der Waals surface area contributed by atoms with Crippen molar-refractivity contribution >= 4 is 29.9 Å². The van der Waals surface area contributed by atoms with Crippen LogP contribution in [0.25, 0.3) is 0 Å². The first kappa shape index (κ1) is 25.2. The van der Waals surface area contributed by atoms with Crippen LogP contribution < -0.4 is 10.6 Å². The van der Waals surface area contributed by atoms with Crippen molar-refractivity contribution in [3.63, 3.8) is 0 Å². The van der Waals surface area contributed by atoms with Gasteiger partial charge in [0, 0.05) is 39.4 Å². The summed E-state index contributed by atoms with van der Waals surface area (Å²) in [6, 6.07) is 0. The molecule has 0 atom stereocenters. The molecule has 0 rings (SSSR count). The Morgan fingerprint density at radius 1 is 1.22 bits per heavy atom. The fourth-order valence-corrected chi connectivity index (χ4v) is 2.24. The fraction of sp³-hybridized carbons (Fsp3) is 0.941. The third kappa shape index (κ3) is 16.6. The van der Waals surface area contributed by atoms with E-state index in [0.717, 1.165) is 51.8 Å². The van der Waals surface area contributed by atoms with Gasteiger partial charge >= 0.3 is 0 Å². The van der Waals surface area contributed by atoms with Crippen LogP contribution >= 0.6 is 24.0 Å². The minimum Gasteiger partial charge on any atom is -0.381 e. The quantitative estimate of drug-likeness (QED) is 0.224. The second-order valence-corrected chi connectivity index (χ2v) is 7.35. The number of hydrogen-bond acceptors (Lipinski definition) is 3. The van der Waals surface area contributed by atoms with E-state index in [9.17, 15) is 0 Å². The summed E-state index contributed by atoms with van der Waals surface area (Å²) in [5.41, 5.74) is 0.173. The van der Waals surface area contributed by atoms with Crippen LogP contribution in [0.2, 0.25) is 0 Å². The normalized spacial score (nSPS) is 12.5. The van der Waals surface area contributed by atoms with Crippen LogP contribution in [0, 0.1) is 11.3 Å². The number of halogens is 1. The smallest absolute Gasteiger partial charge is 0.191 e. The molecule has 0 bridgehead atoms. The molecule has 23 heavy (non-hydrogen) atoms. The highest BCUT2D eigenvalue weighted by Gasteiger charge is 2.18. The number of guanidine groups is 1. The minimum atomic E-state index is 0. The summed E-state index contributed by atoms with van der Waals surface area (Å²) in [6.45, 7) is 16.2. The van der Waals surface area contributed by atoms with Crippen molar-refractivity contribution in [1.82, 2.24) is 15.5 Å². The molecular weight excluding hydrogens is 403 g/mol. The number of nitrogens with one attached hydrogen (secondary N) is 2. The molecule has 5 nitrogen and oxygen atoms in total. The van der Waals surface area contributed by atoms with Crippen LogP contribution in [0.1, 0.15) is 41.0 Å². The van der Waals surface area contributed by atoms with Gasteiger partial charge in [0.2, 0.25) is 0 Å². The lowest BCUT2D eigenvalue weighted by atomic mass is 9.93. The van der Waals surface area contributed by atoms with E-state index in [2.05, 4.69) is 64.2 Å². The molecule has 2 N–H and O–H groups in total. The summed E-state index contributed by atoms with van der Waals surface area (Å²) in [5, 5.41) is 6.68. The third-order valence-corrected chi connectivity index (χ3v) is 2.96. The molecule has 0 fully saturated rings. The molecule has 0 unspecified atom stereocenters. The van der Waals surface area contributed by atoms with Crippen LogP contribution in [0.5, 0.6) is 0 Å². The van der Waals surface area contributed by atoms with Crippen molar-refractivity contribution in [1.29, 1.82) is 0 Å². The third-order valence-electron chi connectivity index (χ3n) is 2.96. The molecular formula is C17H39IN4O. The van der Waals surface area contributed by atoms with Crippen LogP contribution in [0.15, 0.2) is 4.99 Å². The molecule has 0 spiro atoms. The van der Waals surface area contributed by atoms with E-state index in [4.69, 9.17) is 9.73 Å². The molecule has 0 radical (unpaired) electrons. The van der Waals surface area contributed by atoms with Gasteiger partial charge in [0.05, 0.1) is 0 Å². The van der Waals surface area contributed by atoms with Crippen molar-refractivity contribution in [3.8, 4) is 0 Å². The van der Waals surface area contributed by atoms with Gasteiger partial charge in [0.25, 0.3) is 0 Å². The molecule has 0 aromatic carbocycles. The van der Waals surface area contributed by atoms with Crippen molar-refractivity contribution in [2.75, 3.05) is 53.5 Å². The van der Waals surface area contributed by atoms with E-state index in [1.54, 1.807) is 0 Å². The van der Waals surface area contributed by atoms with Gasteiger partial charge < -0.3 is 20.3 Å². The molecule has 0 aliphatic heterocycles. The zero-order chi connectivity index (χ0) is 17.0. The highest BCUT2D eigenvalue weighted by Crippen LogP contribution is 2.15. The Balaban J connectivity index is 0. The van der Waals surface area contributed by atoms with Crippen molar-refractivity contribution in [2.45, 2.75) is 41.0 Å². The highest BCUT2D eigenvalue weighted by molar-refractivity contribution is 14.0. The highest BCUT2D eigenvalue weighted by atomic mass is 127. The van der Waals surface area contributed by atoms with E-state index in [-0.39, 0.29) is 29.4 Å². The molecule has 0 saturated heterocycles. The summed E-state index contributed by atoms with van der Waals surface area (Å²) in [4.78, 5) is 6.92. The molecule has 0 aliphatic carbocycles. The average molecular weight is 442 g/mol. The van der Waals surface area contributed by atoms with Crippen molar-refractivity contribution < 1.29 is 4.74 Å². The van der Waals surface area contributed by atoms with Gasteiger partial charge in [-0.1, -0.05) is 27.7 Å². The fourth-order valence-electron chi connectivity index (χ4n) is 2.24. The molecule has 0 aromatic heterocycles. The van der Waals surface area contributed by atoms with Crippen LogP contribution in [-0.4, -0.2) is 64.3 Å². The topological polar surface area (TPSA) is 48.9 Å². The number of hydrogen-bond donors (Lipinski definition) is 2. The molecule has 0 aliphatic rings. The van der Waals surface area contributed by atoms with E-state index >= 15 is 0 Å². The molecule has 0 aromatic rings. The lowest BCUT2D eigenvalue weighted by Gasteiger charge is -2.26. The van der Waals surface area contributed by atoms with E-state index in [0.29, 0.717) is 5.92 Å². The lowest BCUT2D eigenvalue weighted by Crippen LogP contribution is -2.39. The Bertz CT molecular complexity index is 307. The number of nitrogens with zero attached hydrogens (tertiary/aromatic N) is 2. The first-order valence-electron chi connectivity index (χ1n) is 8.51. The summed E-state index contributed by atoms with van der Waals surface area (Å²) in [7, 11) is 4.21. The van der Waals surface area contributed by atoms with Crippen LogP contribution in [0.3, 0.4) is 0 Å². The molecule has 0 saturated carbocycles. The Morgan fingerprint density at radius 3 is 2.39 bits per heavy atom. The van der Waals surface area contributed by atoms with Gasteiger partial charge in [-0.05, 0) is 38.8 Å². The largest absolute Gasteiger partial charge is 0.381 e. The summed E-state index contributed by atoms with van der Waals surface area (Å²) < 4.78 is 5.59. The maximum Gasteiger partial charge on any atom is 0.191 e. The average Bonchev–Trinajstić information content (AvgIpc) is 2.38. The Labute approximate surface area is 161 Å². The second-order valence-electron chi connectivity index (χ2n) is 7.35. The van der Waals surface area contributed by atoms with Crippen LogP contribution in [0.4, 0.5) is 0 Å². The van der Waals surface area contributed by atoms with Crippen LogP contribution in [-0.2, 0) is 4.74 Å². The Kier molecular flexibility index (Phi) is 15.6. The predicted octanol–water partition coefficient (Wildman–Crippen LogP) is 2.81. The van der Waals surface area contributed by atoms with Gasteiger partial charge in [-0.15, -0.1) is 24.0 Å². The maximum atomic E-state index is 5.59. The zero-order valence-electron chi connectivity index (χ0n) is 16.2. The van der Waals surface area contributed by atoms with E-state index in [1.165, 1.54) is 0 Å². The molecule has 140 valence electrons. The Hall–Kier alpha value is -0.0800.